The first-order valence-electron chi connectivity index (χ1n) is 6.04. The number of aromatic amines is 1. The third-order valence-corrected chi connectivity index (χ3v) is 3.65. The van der Waals surface area contributed by atoms with E-state index in [2.05, 4.69) is 15.0 Å². The van der Waals surface area contributed by atoms with E-state index in [0.717, 1.165) is 0 Å². The van der Waals surface area contributed by atoms with Crippen molar-refractivity contribution < 1.29 is 9.50 Å². The van der Waals surface area contributed by atoms with E-state index in [1.807, 2.05) is 0 Å². The van der Waals surface area contributed by atoms with Gasteiger partial charge in [-0.05, 0) is 12.8 Å². The van der Waals surface area contributed by atoms with Crippen molar-refractivity contribution in [1.82, 2.24) is 19.5 Å². The molecule has 0 aliphatic heterocycles. The minimum atomic E-state index is -1.56. The predicted molar refractivity (Wildman–Crippen MR) is 66.4 cm³/mol. The van der Waals surface area contributed by atoms with Crippen LogP contribution in [0, 0.1) is 0 Å². The lowest BCUT2D eigenvalue weighted by molar-refractivity contribution is 0.0741. The molecule has 1 fully saturated rings. The molecule has 0 amide bonds. The zero-order valence-corrected chi connectivity index (χ0v) is 10.1. The third kappa shape index (κ3) is 1.88. The lowest BCUT2D eigenvalue weighted by Gasteiger charge is -2.17. The van der Waals surface area contributed by atoms with E-state index < -0.39 is 17.8 Å². The number of rotatable bonds is 2. The quantitative estimate of drug-likeness (QED) is 0.716. The Morgan fingerprint density at radius 3 is 3.16 bits per heavy atom. The van der Waals surface area contributed by atoms with E-state index >= 15 is 0 Å². The summed E-state index contributed by atoms with van der Waals surface area (Å²) in [5.41, 5.74) is 4.08. The topological polar surface area (TPSA) is 110 Å². The van der Waals surface area contributed by atoms with E-state index in [1.54, 1.807) is 4.57 Å². The molecule has 2 aromatic heterocycles. The fourth-order valence-electron chi connectivity index (χ4n) is 2.64. The van der Waals surface area contributed by atoms with Crippen LogP contribution in [0.3, 0.4) is 0 Å². The number of alkyl halides is 1. The Morgan fingerprint density at radius 1 is 1.68 bits per heavy atom. The summed E-state index contributed by atoms with van der Waals surface area (Å²) in [5, 5.41) is 9.05. The smallest absolute Gasteiger partial charge is 0.280 e. The molecule has 2 atom stereocenters. The van der Waals surface area contributed by atoms with Crippen molar-refractivity contribution in [3.63, 3.8) is 0 Å². The Balaban J connectivity index is 2.05. The van der Waals surface area contributed by atoms with Gasteiger partial charge in [0.05, 0.1) is 12.9 Å². The Labute approximate surface area is 107 Å². The standard InChI is InChI=1S/C11H14FN5O2/c12-11(4-18)2-1-6(3-11)17-5-14-7-8(17)15-10(13)16-9(7)19/h5-6,18H,1-4H2,(H3,13,15,16,19). The van der Waals surface area contributed by atoms with Gasteiger partial charge in [-0.3, -0.25) is 9.78 Å². The molecule has 1 aliphatic carbocycles. The molecule has 102 valence electrons. The number of aliphatic hydroxyl groups is 1. The van der Waals surface area contributed by atoms with Gasteiger partial charge in [-0.25, -0.2) is 9.37 Å². The van der Waals surface area contributed by atoms with Gasteiger partial charge in [-0.1, -0.05) is 0 Å². The molecular formula is C11H14FN5O2. The SMILES string of the molecule is Nc1nc2c(ncn2C2CCC(F)(CO)C2)c(=O)[nH]1. The van der Waals surface area contributed by atoms with Crippen LogP contribution in [-0.4, -0.2) is 36.9 Å². The van der Waals surface area contributed by atoms with Crippen LogP contribution in [0.4, 0.5) is 10.3 Å². The molecule has 0 aromatic carbocycles. The van der Waals surface area contributed by atoms with Crippen LogP contribution in [-0.2, 0) is 0 Å². The van der Waals surface area contributed by atoms with Crippen molar-refractivity contribution in [2.24, 2.45) is 0 Å². The van der Waals surface area contributed by atoms with Gasteiger partial charge in [0.1, 0.15) is 5.67 Å². The number of fused-ring (bicyclic) bond motifs is 1. The van der Waals surface area contributed by atoms with E-state index in [1.165, 1.54) is 6.33 Å². The van der Waals surface area contributed by atoms with Crippen molar-refractivity contribution in [3.05, 3.63) is 16.7 Å². The zero-order chi connectivity index (χ0) is 13.6. The van der Waals surface area contributed by atoms with Crippen molar-refractivity contribution in [1.29, 1.82) is 0 Å². The Morgan fingerprint density at radius 2 is 2.47 bits per heavy atom. The molecule has 2 heterocycles. The number of anilines is 1. The summed E-state index contributed by atoms with van der Waals surface area (Å²) < 4.78 is 15.7. The number of nitrogens with zero attached hydrogens (tertiary/aromatic N) is 3. The highest BCUT2D eigenvalue weighted by molar-refractivity contribution is 5.70. The molecule has 1 aliphatic rings. The largest absolute Gasteiger partial charge is 0.393 e. The average molecular weight is 267 g/mol. The maximum absolute atomic E-state index is 14.0. The number of halogens is 1. The summed E-state index contributed by atoms with van der Waals surface area (Å²) >= 11 is 0. The average Bonchev–Trinajstić information content (AvgIpc) is 2.94. The molecule has 4 N–H and O–H groups in total. The summed E-state index contributed by atoms with van der Waals surface area (Å²) in [5.74, 6) is 0.00548. The number of nitrogen functional groups attached to an aromatic ring is 1. The minimum Gasteiger partial charge on any atom is -0.393 e. The van der Waals surface area contributed by atoms with Crippen LogP contribution in [0.5, 0.6) is 0 Å². The van der Waals surface area contributed by atoms with Gasteiger partial charge >= 0.3 is 0 Å². The van der Waals surface area contributed by atoms with Gasteiger partial charge < -0.3 is 15.4 Å². The van der Waals surface area contributed by atoms with Crippen molar-refractivity contribution >= 4 is 17.1 Å². The molecule has 8 heteroatoms. The molecule has 1 saturated carbocycles. The van der Waals surface area contributed by atoms with Crippen LogP contribution in [0.2, 0.25) is 0 Å². The molecule has 2 aromatic rings. The number of nitrogens with two attached hydrogens (primary N) is 1. The highest BCUT2D eigenvalue weighted by Crippen LogP contribution is 2.40. The highest BCUT2D eigenvalue weighted by Gasteiger charge is 2.40. The summed E-state index contributed by atoms with van der Waals surface area (Å²) in [6, 6.07) is -0.171. The maximum Gasteiger partial charge on any atom is 0.280 e. The molecule has 0 bridgehead atoms. The van der Waals surface area contributed by atoms with Crippen molar-refractivity contribution in [2.75, 3.05) is 12.3 Å². The van der Waals surface area contributed by atoms with Gasteiger partial charge in [0.2, 0.25) is 5.95 Å². The minimum absolute atomic E-state index is 0.00548. The maximum atomic E-state index is 14.0. The van der Waals surface area contributed by atoms with Gasteiger partial charge in [0, 0.05) is 12.5 Å². The van der Waals surface area contributed by atoms with E-state index in [0.29, 0.717) is 12.1 Å². The van der Waals surface area contributed by atoms with Crippen LogP contribution in [0.1, 0.15) is 25.3 Å². The number of H-pyrrole nitrogens is 1. The van der Waals surface area contributed by atoms with Crippen LogP contribution in [0.25, 0.3) is 11.2 Å². The van der Waals surface area contributed by atoms with E-state index in [-0.39, 0.29) is 30.3 Å². The second kappa shape index (κ2) is 4.02. The highest BCUT2D eigenvalue weighted by atomic mass is 19.1. The molecule has 0 radical (unpaired) electrons. The Hall–Kier alpha value is -1.96. The molecule has 19 heavy (non-hydrogen) atoms. The molecular weight excluding hydrogens is 253 g/mol. The molecule has 2 unspecified atom stereocenters. The molecule has 7 nitrogen and oxygen atoms in total. The van der Waals surface area contributed by atoms with Crippen molar-refractivity contribution in [2.45, 2.75) is 31.0 Å². The lowest BCUT2D eigenvalue weighted by atomic mass is 10.1. The number of aromatic nitrogens is 4. The summed E-state index contributed by atoms with van der Waals surface area (Å²) in [6.07, 6.45) is 2.51. The number of nitrogens with one attached hydrogen (secondary N) is 1. The Bertz CT molecular complexity index is 681. The van der Waals surface area contributed by atoms with Gasteiger partial charge in [0.15, 0.2) is 11.2 Å². The molecule has 0 spiro atoms. The van der Waals surface area contributed by atoms with Crippen LogP contribution < -0.4 is 11.3 Å². The predicted octanol–water partition coefficient (Wildman–Crippen LogP) is 0.127. The molecule has 0 saturated heterocycles. The first kappa shape index (κ1) is 12.1. The van der Waals surface area contributed by atoms with E-state index in [4.69, 9.17) is 10.8 Å². The second-order valence-corrected chi connectivity index (χ2v) is 4.98. The molecule has 3 rings (SSSR count). The zero-order valence-electron chi connectivity index (χ0n) is 10.1. The Kier molecular flexibility index (Phi) is 2.56. The number of hydrogen-bond acceptors (Lipinski definition) is 5. The van der Waals surface area contributed by atoms with Crippen LogP contribution >= 0.6 is 0 Å². The monoisotopic (exact) mass is 267 g/mol. The first-order valence-corrected chi connectivity index (χ1v) is 6.04. The van der Waals surface area contributed by atoms with Gasteiger partial charge in [-0.15, -0.1) is 0 Å². The fraction of sp³-hybridized carbons (Fsp3) is 0.545. The van der Waals surface area contributed by atoms with Crippen LogP contribution in [0.15, 0.2) is 11.1 Å². The summed E-state index contributed by atoms with van der Waals surface area (Å²) in [7, 11) is 0. The number of hydrogen-bond donors (Lipinski definition) is 3. The van der Waals surface area contributed by atoms with Crippen molar-refractivity contribution in [3.8, 4) is 0 Å². The number of aliphatic hydroxyl groups excluding tert-OH is 1. The van der Waals surface area contributed by atoms with E-state index in [9.17, 15) is 9.18 Å². The summed E-state index contributed by atoms with van der Waals surface area (Å²) in [6.45, 7) is -0.494. The lowest BCUT2D eigenvalue weighted by Crippen LogP contribution is -2.24. The normalized spacial score (nSPS) is 27.2. The second-order valence-electron chi connectivity index (χ2n) is 4.98. The third-order valence-electron chi connectivity index (χ3n) is 3.65. The first-order chi connectivity index (χ1) is 9.02. The van der Waals surface area contributed by atoms with Gasteiger partial charge in [-0.2, -0.15) is 4.98 Å². The van der Waals surface area contributed by atoms with Gasteiger partial charge in [0.25, 0.3) is 5.56 Å². The fourth-order valence-corrected chi connectivity index (χ4v) is 2.64. The summed E-state index contributed by atoms with van der Waals surface area (Å²) in [4.78, 5) is 22.1. The number of imidazole rings is 1.